The quantitative estimate of drug-likeness (QED) is 0.353. The van der Waals surface area contributed by atoms with Crippen LogP contribution in [0.25, 0.3) is 33.4 Å². The molecular weight excluding hydrogens is 453 g/mol. The topological polar surface area (TPSA) is 74.8 Å². The maximum atomic E-state index is 14.8. The highest BCUT2D eigenvalue weighted by atomic mass is 19.1. The molecule has 0 saturated carbocycles. The number of piperidine rings is 1. The maximum Gasteiger partial charge on any atom is 0.253 e. The molecule has 1 saturated heterocycles. The van der Waals surface area contributed by atoms with E-state index in [1.54, 1.807) is 30.7 Å². The lowest BCUT2D eigenvalue weighted by Gasteiger charge is -2.33. The summed E-state index contributed by atoms with van der Waals surface area (Å²) in [7, 11) is 0. The molecule has 3 aromatic heterocycles. The van der Waals surface area contributed by atoms with Gasteiger partial charge >= 0.3 is 0 Å². The van der Waals surface area contributed by atoms with E-state index in [9.17, 15) is 9.18 Å². The lowest BCUT2D eigenvalue weighted by molar-refractivity contribution is 0.0706. The van der Waals surface area contributed by atoms with Gasteiger partial charge in [0.15, 0.2) is 5.82 Å². The molecule has 6 nitrogen and oxygen atoms in total. The lowest BCUT2D eigenvalue weighted by atomic mass is 9.89. The van der Waals surface area contributed by atoms with Gasteiger partial charge in [-0.2, -0.15) is 0 Å². The first-order valence-electron chi connectivity index (χ1n) is 12.1. The first kappa shape index (κ1) is 22.1. The van der Waals surface area contributed by atoms with Crippen LogP contribution in [-0.2, 0) is 0 Å². The van der Waals surface area contributed by atoms with E-state index in [0.717, 1.165) is 35.0 Å². The summed E-state index contributed by atoms with van der Waals surface area (Å²) in [6.07, 6.45) is 8.68. The highest BCUT2D eigenvalue weighted by molar-refractivity contribution is 5.98. The standard InChI is InChI=1S/C29H24FN5O/c30-25-8-2-1-7-23(25)24-17-33-28(21-5-3-12-31-16-21)34-27(24)22-6-4-14-35(18-22)29(36)20-9-10-26-19(15-20)11-13-32-26/h1-3,5,7-13,15-17,22,32H,4,6,14,18H2/t22-/m1/s1. The molecule has 1 fully saturated rings. The van der Waals surface area contributed by atoms with Crippen molar-refractivity contribution in [2.24, 2.45) is 0 Å². The van der Waals surface area contributed by atoms with Crippen molar-refractivity contribution in [3.05, 3.63) is 103 Å². The van der Waals surface area contributed by atoms with Gasteiger partial charge in [-0.3, -0.25) is 9.78 Å². The smallest absolute Gasteiger partial charge is 0.253 e. The summed E-state index contributed by atoms with van der Waals surface area (Å²) in [6.45, 7) is 1.19. The first-order valence-corrected chi connectivity index (χ1v) is 12.1. The fourth-order valence-electron chi connectivity index (χ4n) is 4.98. The first-order chi connectivity index (χ1) is 17.7. The lowest BCUT2D eigenvalue weighted by Crippen LogP contribution is -2.39. The summed E-state index contributed by atoms with van der Waals surface area (Å²) in [5, 5.41) is 1.01. The van der Waals surface area contributed by atoms with Crippen molar-refractivity contribution < 1.29 is 9.18 Å². The van der Waals surface area contributed by atoms with E-state index in [4.69, 9.17) is 4.98 Å². The monoisotopic (exact) mass is 477 g/mol. The molecule has 5 aromatic rings. The molecule has 36 heavy (non-hydrogen) atoms. The molecule has 1 aliphatic heterocycles. The van der Waals surface area contributed by atoms with Crippen molar-refractivity contribution >= 4 is 16.8 Å². The summed E-state index contributed by atoms with van der Waals surface area (Å²) in [6, 6.07) is 18.1. The number of carbonyl (C=O) groups is 1. The van der Waals surface area contributed by atoms with E-state index in [1.807, 2.05) is 53.6 Å². The molecule has 0 bridgehead atoms. The molecule has 7 heteroatoms. The molecular formula is C29H24FN5O. The van der Waals surface area contributed by atoms with Gasteiger partial charge in [-0.1, -0.05) is 18.2 Å². The predicted molar refractivity (Wildman–Crippen MR) is 137 cm³/mol. The number of hydrogen-bond acceptors (Lipinski definition) is 4. The fraction of sp³-hybridized carbons (Fsp3) is 0.172. The fourth-order valence-corrected chi connectivity index (χ4v) is 4.98. The van der Waals surface area contributed by atoms with Crippen molar-refractivity contribution in [1.82, 2.24) is 24.8 Å². The predicted octanol–water partition coefficient (Wildman–Crippen LogP) is 5.85. The van der Waals surface area contributed by atoms with Crippen molar-refractivity contribution in [1.29, 1.82) is 0 Å². The van der Waals surface area contributed by atoms with Crippen LogP contribution in [0.4, 0.5) is 4.39 Å². The number of aromatic amines is 1. The van der Waals surface area contributed by atoms with Gasteiger partial charge in [0.05, 0.1) is 5.69 Å². The van der Waals surface area contributed by atoms with Crippen LogP contribution < -0.4 is 0 Å². The third kappa shape index (κ3) is 4.13. The van der Waals surface area contributed by atoms with E-state index < -0.39 is 0 Å². The highest BCUT2D eigenvalue weighted by Gasteiger charge is 2.29. The molecule has 1 atom stereocenters. The molecule has 0 radical (unpaired) electrons. The molecule has 0 spiro atoms. The summed E-state index contributed by atoms with van der Waals surface area (Å²) in [4.78, 5) is 32.2. The SMILES string of the molecule is O=C(c1ccc2[nH]ccc2c1)N1CCC[C@@H](c2nc(-c3cccnc3)ncc2-c2ccccc2F)C1. The van der Waals surface area contributed by atoms with Crippen LogP contribution >= 0.6 is 0 Å². The van der Waals surface area contributed by atoms with Gasteiger partial charge in [0.25, 0.3) is 5.91 Å². The number of pyridine rings is 1. The number of H-pyrrole nitrogens is 1. The Bertz CT molecular complexity index is 1550. The number of fused-ring (bicyclic) bond motifs is 1. The summed E-state index contributed by atoms with van der Waals surface area (Å²) in [5.41, 5.74) is 4.34. The van der Waals surface area contributed by atoms with E-state index in [0.29, 0.717) is 35.6 Å². The number of rotatable bonds is 4. The van der Waals surface area contributed by atoms with Gasteiger partial charge in [0.1, 0.15) is 5.82 Å². The zero-order valence-electron chi connectivity index (χ0n) is 19.6. The van der Waals surface area contributed by atoms with Crippen LogP contribution in [0.5, 0.6) is 0 Å². The summed E-state index contributed by atoms with van der Waals surface area (Å²) >= 11 is 0. The number of aromatic nitrogens is 4. The number of nitrogens with zero attached hydrogens (tertiary/aromatic N) is 4. The van der Waals surface area contributed by atoms with Crippen LogP contribution in [-0.4, -0.2) is 43.8 Å². The van der Waals surface area contributed by atoms with Crippen LogP contribution in [0.1, 0.15) is 34.8 Å². The molecule has 1 amide bonds. The number of hydrogen-bond donors (Lipinski definition) is 1. The van der Waals surface area contributed by atoms with Gasteiger partial charge in [0.2, 0.25) is 0 Å². The second kappa shape index (κ2) is 9.34. The second-order valence-corrected chi connectivity index (χ2v) is 9.08. The summed E-state index contributed by atoms with van der Waals surface area (Å²) < 4.78 is 14.8. The Morgan fingerprint density at radius 2 is 1.94 bits per heavy atom. The largest absolute Gasteiger partial charge is 0.361 e. The number of benzene rings is 2. The van der Waals surface area contributed by atoms with Gasteiger partial charge in [-0.25, -0.2) is 14.4 Å². The van der Waals surface area contributed by atoms with Crippen molar-refractivity contribution in [2.75, 3.05) is 13.1 Å². The van der Waals surface area contributed by atoms with Gasteiger partial charge in [-0.15, -0.1) is 0 Å². The third-order valence-corrected chi connectivity index (χ3v) is 6.80. The van der Waals surface area contributed by atoms with Crippen LogP contribution in [0.2, 0.25) is 0 Å². The minimum absolute atomic E-state index is 0.00298. The van der Waals surface area contributed by atoms with Crippen molar-refractivity contribution in [3.8, 4) is 22.5 Å². The van der Waals surface area contributed by atoms with E-state index >= 15 is 0 Å². The third-order valence-electron chi connectivity index (χ3n) is 6.80. The average molecular weight is 478 g/mol. The number of amides is 1. The Balaban J connectivity index is 1.37. The van der Waals surface area contributed by atoms with E-state index in [-0.39, 0.29) is 17.6 Å². The average Bonchev–Trinajstić information content (AvgIpc) is 3.41. The molecule has 2 aromatic carbocycles. The Hall–Kier alpha value is -4.39. The molecule has 0 aliphatic carbocycles. The van der Waals surface area contributed by atoms with Gasteiger partial charge in [-0.05, 0) is 55.3 Å². The molecule has 1 N–H and O–H groups in total. The number of halogens is 1. The Morgan fingerprint density at radius 1 is 1.03 bits per heavy atom. The highest BCUT2D eigenvalue weighted by Crippen LogP contribution is 2.35. The van der Waals surface area contributed by atoms with Gasteiger partial charge < -0.3 is 9.88 Å². The van der Waals surface area contributed by atoms with Crippen molar-refractivity contribution in [2.45, 2.75) is 18.8 Å². The Kier molecular flexibility index (Phi) is 5.73. The van der Waals surface area contributed by atoms with Crippen molar-refractivity contribution in [3.63, 3.8) is 0 Å². The van der Waals surface area contributed by atoms with Crippen LogP contribution in [0.3, 0.4) is 0 Å². The minimum Gasteiger partial charge on any atom is -0.361 e. The van der Waals surface area contributed by atoms with E-state index in [2.05, 4.69) is 15.0 Å². The number of carbonyl (C=O) groups excluding carboxylic acids is 1. The van der Waals surface area contributed by atoms with Crippen LogP contribution in [0, 0.1) is 5.82 Å². The summed E-state index contributed by atoms with van der Waals surface area (Å²) in [5.74, 6) is 0.170. The van der Waals surface area contributed by atoms with E-state index in [1.165, 1.54) is 6.07 Å². The minimum atomic E-state index is -0.319. The number of likely N-dealkylation sites (tertiary alicyclic amines) is 1. The maximum absolute atomic E-state index is 14.8. The molecule has 1 aliphatic rings. The molecule has 0 unspecified atom stereocenters. The zero-order valence-corrected chi connectivity index (χ0v) is 19.6. The normalized spacial score (nSPS) is 15.8. The van der Waals surface area contributed by atoms with Gasteiger partial charge in [0, 0.05) is 77.0 Å². The zero-order chi connectivity index (χ0) is 24.5. The molecule has 178 valence electrons. The second-order valence-electron chi connectivity index (χ2n) is 9.08. The number of nitrogens with one attached hydrogen (secondary N) is 1. The molecule has 4 heterocycles. The molecule has 6 rings (SSSR count). The van der Waals surface area contributed by atoms with Crippen LogP contribution in [0.15, 0.2) is 85.5 Å². The Labute approximate surface area is 207 Å². The Morgan fingerprint density at radius 3 is 2.81 bits per heavy atom.